The van der Waals surface area contributed by atoms with Gasteiger partial charge < -0.3 is 29.4 Å². The number of aliphatic imine (C=N–C) groups is 1. The molecule has 268 valence electrons. The first-order valence-electron chi connectivity index (χ1n) is 17.2. The molecule has 1 amide bonds. The highest BCUT2D eigenvalue weighted by molar-refractivity contribution is 6.08. The fraction of sp³-hybridized carbons (Fsp3) is 0.368. The molecule has 5 rings (SSSR count). The van der Waals surface area contributed by atoms with Crippen LogP contribution in [0.4, 0.5) is 5.69 Å². The molecule has 1 aromatic heterocycles. The van der Waals surface area contributed by atoms with E-state index >= 15 is 0 Å². The first-order chi connectivity index (χ1) is 24.7. The van der Waals surface area contributed by atoms with Crippen molar-refractivity contribution in [3.8, 4) is 0 Å². The number of hydrogen-bond donors (Lipinski definition) is 1. The maximum atomic E-state index is 14.0. The second-order valence-corrected chi connectivity index (χ2v) is 11.9. The third kappa shape index (κ3) is 9.17. The number of amides is 1. The second kappa shape index (κ2) is 17.4. The predicted molar refractivity (Wildman–Crippen MR) is 192 cm³/mol. The largest absolute Gasteiger partial charge is 0.466 e. The smallest absolute Gasteiger partial charge is 0.327 e. The number of anilines is 1. The number of benzene rings is 3. The lowest BCUT2D eigenvalue weighted by atomic mass is 10.0. The maximum absolute atomic E-state index is 14.0. The Labute approximate surface area is 297 Å². The Morgan fingerprint density at radius 1 is 0.843 bits per heavy atom. The molecule has 3 aromatic carbocycles. The van der Waals surface area contributed by atoms with Crippen LogP contribution < -0.4 is 10.6 Å². The third-order valence-electron chi connectivity index (χ3n) is 8.53. The molecule has 51 heavy (non-hydrogen) atoms. The van der Waals surface area contributed by atoms with Gasteiger partial charge in [0.1, 0.15) is 18.2 Å². The number of esters is 3. The van der Waals surface area contributed by atoms with E-state index in [-0.39, 0.29) is 75.6 Å². The monoisotopic (exact) mass is 696 g/mol. The minimum absolute atomic E-state index is 0.0570. The number of nitrogens with zero attached hydrogens (tertiary/aromatic N) is 5. The summed E-state index contributed by atoms with van der Waals surface area (Å²) in [5.74, 6) is -0.393. The summed E-state index contributed by atoms with van der Waals surface area (Å²) in [5, 5.41) is 0. The van der Waals surface area contributed by atoms with Gasteiger partial charge in [0, 0.05) is 36.4 Å². The molecule has 0 aliphatic carbocycles. The summed E-state index contributed by atoms with van der Waals surface area (Å²) in [4.78, 5) is 63.4. The topological polar surface area (TPSA) is 159 Å². The van der Waals surface area contributed by atoms with Crippen molar-refractivity contribution in [1.82, 2.24) is 14.5 Å². The minimum atomic E-state index is -0.446. The Morgan fingerprint density at radius 3 is 2.22 bits per heavy atom. The molecular weight excluding hydrogens is 652 g/mol. The SMILES string of the molecule is CCOC(=O)CCN(C(=O)c1ccc2c(c1)nc1n2CCN(CC(=O)OCC)C1Cc1ccc(C(N)=NCC(=O)OCC)cc1)c1ccccc1. The molecule has 0 fully saturated rings. The van der Waals surface area contributed by atoms with Crippen molar-refractivity contribution >= 4 is 46.4 Å². The Kier molecular flexibility index (Phi) is 12.5. The van der Waals surface area contributed by atoms with Crippen LogP contribution in [0.15, 0.2) is 77.8 Å². The lowest BCUT2D eigenvalue weighted by Crippen LogP contribution is -2.42. The summed E-state index contributed by atoms with van der Waals surface area (Å²) in [5.41, 5.74) is 10.4. The van der Waals surface area contributed by atoms with Gasteiger partial charge in [0.05, 0.1) is 49.9 Å². The van der Waals surface area contributed by atoms with E-state index in [1.54, 1.807) is 37.8 Å². The molecular formula is C38H44N6O7. The highest BCUT2D eigenvalue weighted by Gasteiger charge is 2.33. The van der Waals surface area contributed by atoms with Crippen LogP contribution in [0.1, 0.15) is 60.5 Å². The molecule has 13 nitrogen and oxygen atoms in total. The standard InChI is InChI=1S/C38H44N6O7/c1-4-49-33(45)18-19-43(29-10-8-7-9-11-29)38(48)28-16-17-31-30(23-28)41-37-32(42(20-21-44(31)37)25-35(47)51-6-3)22-26-12-14-27(15-13-26)36(39)40-24-34(46)50-5-2/h7-17,23,32H,4-6,18-22,24-25H2,1-3H3,(H2,39,40). The fourth-order valence-electron chi connectivity index (χ4n) is 6.13. The van der Waals surface area contributed by atoms with Gasteiger partial charge in [-0.05, 0) is 63.1 Å². The molecule has 1 unspecified atom stereocenters. The molecule has 2 heterocycles. The number of ether oxygens (including phenoxy) is 3. The lowest BCUT2D eigenvalue weighted by Gasteiger charge is -2.35. The van der Waals surface area contributed by atoms with Crippen molar-refractivity contribution in [2.45, 2.75) is 46.2 Å². The van der Waals surface area contributed by atoms with E-state index in [0.29, 0.717) is 41.8 Å². The number of rotatable bonds is 15. The van der Waals surface area contributed by atoms with Crippen LogP contribution in [0, 0.1) is 0 Å². The number of hydrogen-bond acceptors (Lipinski definition) is 10. The normalized spacial score (nSPS) is 14.5. The summed E-state index contributed by atoms with van der Waals surface area (Å²) in [7, 11) is 0. The molecule has 0 radical (unpaired) electrons. The number of fused-ring (bicyclic) bond motifs is 3. The second-order valence-electron chi connectivity index (χ2n) is 11.9. The van der Waals surface area contributed by atoms with Crippen LogP contribution in [-0.2, 0) is 41.6 Å². The van der Waals surface area contributed by atoms with E-state index in [9.17, 15) is 19.2 Å². The minimum Gasteiger partial charge on any atom is -0.466 e. The Hall–Kier alpha value is -5.56. The van der Waals surface area contributed by atoms with E-state index in [1.165, 1.54) is 0 Å². The summed E-state index contributed by atoms with van der Waals surface area (Å²) in [6.45, 7) is 7.37. The van der Waals surface area contributed by atoms with Gasteiger partial charge in [-0.15, -0.1) is 0 Å². The number of carbonyl (C=O) groups excluding carboxylic acids is 4. The average Bonchev–Trinajstić information content (AvgIpc) is 3.51. The van der Waals surface area contributed by atoms with Gasteiger partial charge >= 0.3 is 17.9 Å². The summed E-state index contributed by atoms with van der Waals surface area (Å²) < 4.78 is 17.5. The molecule has 1 aliphatic heterocycles. The van der Waals surface area contributed by atoms with Crippen LogP contribution in [0.5, 0.6) is 0 Å². The van der Waals surface area contributed by atoms with Gasteiger partial charge in [-0.1, -0.05) is 42.5 Å². The van der Waals surface area contributed by atoms with Gasteiger partial charge in [-0.25, -0.2) is 4.98 Å². The van der Waals surface area contributed by atoms with E-state index in [4.69, 9.17) is 24.9 Å². The van der Waals surface area contributed by atoms with Gasteiger partial charge in [-0.2, -0.15) is 0 Å². The number of para-hydroxylation sites is 1. The van der Waals surface area contributed by atoms with Crippen LogP contribution in [0.3, 0.4) is 0 Å². The van der Waals surface area contributed by atoms with E-state index < -0.39 is 5.97 Å². The molecule has 13 heteroatoms. The van der Waals surface area contributed by atoms with Crippen molar-refractivity contribution in [2.24, 2.45) is 10.7 Å². The molecule has 1 aliphatic rings. The van der Waals surface area contributed by atoms with E-state index in [0.717, 1.165) is 16.9 Å². The van der Waals surface area contributed by atoms with Gasteiger partial charge in [0.15, 0.2) is 0 Å². The summed E-state index contributed by atoms with van der Waals surface area (Å²) >= 11 is 0. The van der Waals surface area contributed by atoms with Gasteiger partial charge in [0.2, 0.25) is 0 Å². The Balaban J connectivity index is 1.43. The maximum Gasteiger partial charge on any atom is 0.327 e. The van der Waals surface area contributed by atoms with Crippen LogP contribution in [-0.4, -0.2) is 90.1 Å². The first kappa shape index (κ1) is 36.7. The number of imidazole rings is 1. The van der Waals surface area contributed by atoms with Crippen molar-refractivity contribution in [3.63, 3.8) is 0 Å². The van der Waals surface area contributed by atoms with E-state index in [2.05, 4.69) is 14.5 Å². The summed E-state index contributed by atoms with van der Waals surface area (Å²) in [6, 6.07) is 22.0. The quantitative estimate of drug-likeness (QED) is 0.0832. The molecule has 0 saturated carbocycles. The third-order valence-corrected chi connectivity index (χ3v) is 8.53. The Morgan fingerprint density at radius 2 is 1.51 bits per heavy atom. The molecule has 4 aromatic rings. The van der Waals surface area contributed by atoms with Gasteiger partial charge in [-0.3, -0.25) is 29.1 Å². The highest BCUT2D eigenvalue weighted by Crippen LogP contribution is 2.32. The molecule has 0 spiro atoms. The number of carbonyl (C=O) groups is 4. The highest BCUT2D eigenvalue weighted by atomic mass is 16.5. The average molecular weight is 697 g/mol. The number of amidine groups is 1. The van der Waals surface area contributed by atoms with Crippen molar-refractivity contribution < 1.29 is 33.4 Å². The molecule has 2 N–H and O–H groups in total. The fourth-order valence-corrected chi connectivity index (χ4v) is 6.13. The first-order valence-corrected chi connectivity index (χ1v) is 17.2. The molecule has 0 saturated heterocycles. The predicted octanol–water partition coefficient (Wildman–Crippen LogP) is 4.07. The van der Waals surface area contributed by atoms with Gasteiger partial charge in [0.25, 0.3) is 5.91 Å². The molecule has 1 atom stereocenters. The van der Waals surface area contributed by atoms with Crippen molar-refractivity contribution in [2.75, 3.05) is 50.9 Å². The Bertz CT molecular complexity index is 1870. The zero-order chi connectivity index (χ0) is 36.3. The zero-order valence-corrected chi connectivity index (χ0v) is 29.2. The van der Waals surface area contributed by atoms with Crippen molar-refractivity contribution in [1.29, 1.82) is 0 Å². The van der Waals surface area contributed by atoms with Crippen LogP contribution >= 0.6 is 0 Å². The van der Waals surface area contributed by atoms with Crippen LogP contribution in [0.2, 0.25) is 0 Å². The number of nitrogens with two attached hydrogens (primary N) is 1. The van der Waals surface area contributed by atoms with E-state index in [1.807, 2.05) is 60.7 Å². The summed E-state index contributed by atoms with van der Waals surface area (Å²) in [6.07, 6.45) is 0.589. The number of aromatic nitrogens is 2. The zero-order valence-electron chi connectivity index (χ0n) is 29.2. The van der Waals surface area contributed by atoms with Crippen LogP contribution in [0.25, 0.3) is 11.0 Å². The van der Waals surface area contributed by atoms with Crippen molar-refractivity contribution in [3.05, 3.63) is 95.3 Å². The lowest BCUT2D eigenvalue weighted by molar-refractivity contribution is -0.145. The molecule has 0 bridgehead atoms.